The van der Waals surface area contributed by atoms with E-state index in [-0.39, 0.29) is 0 Å². The molecule has 0 aliphatic carbocycles. The number of unbranched alkanes of at least 4 members (excludes halogenated alkanes) is 1. The fourth-order valence-electron chi connectivity index (χ4n) is 5.07. The summed E-state index contributed by atoms with van der Waals surface area (Å²) in [4.78, 5) is 7.77. The molecule has 204 valence electrons. The number of aromatic nitrogens is 2. The van der Waals surface area contributed by atoms with E-state index in [1.807, 2.05) is 24.3 Å². The summed E-state index contributed by atoms with van der Waals surface area (Å²) in [5, 5.41) is 0.787. The first-order chi connectivity index (χ1) is 19.7. The Labute approximate surface area is 242 Å². The van der Waals surface area contributed by atoms with Crippen molar-refractivity contribution in [1.82, 2.24) is 14.5 Å². The molecule has 0 spiro atoms. The van der Waals surface area contributed by atoms with Crippen LogP contribution in [0.15, 0.2) is 109 Å². The van der Waals surface area contributed by atoms with Gasteiger partial charge in [0, 0.05) is 42.3 Å². The molecule has 5 aromatic rings. The second kappa shape index (κ2) is 13.5. The largest absolute Gasteiger partial charge is 0.497 e. The van der Waals surface area contributed by atoms with Crippen LogP contribution in [0.5, 0.6) is 5.75 Å². The van der Waals surface area contributed by atoms with E-state index in [1.54, 1.807) is 7.11 Å². The zero-order valence-corrected chi connectivity index (χ0v) is 24.0. The van der Waals surface area contributed by atoms with Gasteiger partial charge in [0.15, 0.2) is 0 Å². The lowest BCUT2D eigenvalue weighted by Gasteiger charge is -2.25. The van der Waals surface area contributed by atoms with Crippen molar-refractivity contribution in [2.75, 3.05) is 7.11 Å². The molecule has 0 saturated heterocycles. The highest BCUT2D eigenvalue weighted by Gasteiger charge is 2.22. The summed E-state index contributed by atoms with van der Waals surface area (Å²) < 4.78 is 7.84. The molecule has 5 heteroatoms. The van der Waals surface area contributed by atoms with Crippen molar-refractivity contribution < 1.29 is 4.74 Å². The minimum absolute atomic E-state index is 0.722. The van der Waals surface area contributed by atoms with Gasteiger partial charge in [-0.1, -0.05) is 116 Å². The number of hydrogen-bond acceptors (Lipinski definition) is 3. The van der Waals surface area contributed by atoms with Gasteiger partial charge in [-0.05, 0) is 35.7 Å². The van der Waals surface area contributed by atoms with Crippen LogP contribution in [0.2, 0.25) is 5.02 Å². The maximum Gasteiger partial charge on any atom is 0.140 e. The third kappa shape index (κ3) is 6.64. The van der Waals surface area contributed by atoms with Crippen LogP contribution in [0.1, 0.15) is 36.6 Å². The minimum Gasteiger partial charge on any atom is -0.497 e. The molecule has 1 heterocycles. The number of nitrogens with zero attached hydrogens (tertiary/aromatic N) is 3. The number of hydrogen-bond donors (Lipinski definition) is 0. The first-order valence-electron chi connectivity index (χ1n) is 13.9. The molecule has 0 aliphatic heterocycles. The number of imidazole rings is 1. The van der Waals surface area contributed by atoms with E-state index in [1.165, 1.54) is 11.3 Å². The zero-order chi connectivity index (χ0) is 27.7. The van der Waals surface area contributed by atoms with Crippen molar-refractivity contribution in [3.63, 3.8) is 0 Å². The highest BCUT2D eigenvalue weighted by Crippen LogP contribution is 2.32. The minimum atomic E-state index is 0.722. The maximum atomic E-state index is 6.66. The molecule has 40 heavy (non-hydrogen) atoms. The van der Waals surface area contributed by atoms with Crippen molar-refractivity contribution >= 4 is 11.6 Å². The van der Waals surface area contributed by atoms with Crippen LogP contribution in [-0.2, 0) is 26.2 Å². The van der Waals surface area contributed by atoms with Gasteiger partial charge in [-0.3, -0.25) is 4.90 Å². The second-order valence-electron chi connectivity index (χ2n) is 10.1. The maximum absolute atomic E-state index is 6.66. The Morgan fingerprint density at radius 3 is 2.05 bits per heavy atom. The van der Waals surface area contributed by atoms with Crippen LogP contribution in [0, 0.1) is 0 Å². The van der Waals surface area contributed by atoms with Crippen LogP contribution in [0.25, 0.3) is 22.6 Å². The van der Waals surface area contributed by atoms with Crippen molar-refractivity contribution in [3.05, 3.63) is 131 Å². The fourth-order valence-corrected chi connectivity index (χ4v) is 5.27. The van der Waals surface area contributed by atoms with Crippen molar-refractivity contribution in [2.45, 2.75) is 45.9 Å². The summed E-state index contributed by atoms with van der Waals surface area (Å²) in [7, 11) is 1.70. The Balaban J connectivity index is 1.61. The van der Waals surface area contributed by atoms with Gasteiger partial charge in [0.1, 0.15) is 11.6 Å². The Morgan fingerprint density at radius 1 is 0.750 bits per heavy atom. The molecule has 0 aliphatic rings. The lowest BCUT2D eigenvalue weighted by molar-refractivity contribution is 0.241. The van der Waals surface area contributed by atoms with Crippen LogP contribution < -0.4 is 4.74 Å². The molecule has 0 fully saturated rings. The molecule has 0 unspecified atom stereocenters. The van der Waals surface area contributed by atoms with Gasteiger partial charge in [0.25, 0.3) is 0 Å². The van der Waals surface area contributed by atoms with Crippen molar-refractivity contribution in [3.8, 4) is 28.4 Å². The number of methoxy groups -OCH3 is 1. The van der Waals surface area contributed by atoms with Crippen LogP contribution in [-0.4, -0.2) is 21.6 Å². The second-order valence-corrected chi connectivity index (χ2v) is 10.5. The summed E-state index contributed by atoms with van der Waals surface area (Å²) in [5.74, 6) is 1.88. The van der Waals surface area contributed by atoms with E-state index in [4.69, 9.17) is 21.3 Å². The molecule has 0 N–H and O–H groups in total. The van der Waals surface area contributed by atoms with Crippen molar-refractivity contribution in [1.29, 1.82) is 0 Å². The average molecular weight is 550 g/mol. The molecule has 0 amide bonds. The molecular formula is C35H36ClN3O. The first-order valence-corrected chi connectivity index (χ1v) is 14.3. The predicted octanol–water partition coefficient (Wildman–Crippen LogP) is 8.88. The van der Waals surface area contributed by atoms with Gasteiger partial charge in [0.05, 0.1) is 18.5 Å². The van der Waals surface area contributed by atoms with Gasteiger partial charge in [-0.25, -0.2) is 4.98 Å². The fraction of sp³-hybridized carbons (Fsp3) is 0.229. The van der Waals surface area contributed by atoms with Gasteiger partial charge < -0.3 is 9.30 Å². The molecule has 0 radical (unpaired) electrons. The summed E-state index contributed by atoms with van der Waals surface area (Å²) in [5.41, 5.74) is 6.86. The third-order valence-corrected chi connectivity index (χ3v) is 7.55. The van der Waals surface area contributed by atoms with E-state index in [9.17, 15) is 0 Å². The van der Waals surface area contributed by atoms with Crippen molar-refractivity contribution in [2.24, 2.45) is 0 Å². The normalized spacial score (nSPS) is 11.2. The van der Waals surface area contributed by atoms with Crippen LogP contribution in [0.4, 0.5) is 0 Å². The molecule has 4 nitrogen and oxygen atoms in total. The molecule has 0 atom stereocenters. The topological polar surface area (TPSA) is 30.3 Å². The Morgan fingerprint density at radius 2 is 1.40 bits per heavy atom. The Kier molecular flexibility index (Phi) is 9.33. The number of rotatable bonds is 12. The van der Waals surface area contributed by atoms with E-state index in [0.717, 1.165) is 78.0 Å². The first kappa shape index (κ1) is 27.7. The summed E-state index contributed by atoms with van der Waals surface area (Å²) in [6, 6.07) is 37.6. The number of halogens is 1. The predicted molar refractivity (Wildman–Crippen MR) is 165 cm³/mol. The van der Waals surface area contributed by atoms with E-state index < -0.39 is 0 Å². The third-order valence-electron chi connectivity index (χ3n) is 7.18. The molecule has 0 saturated carbocycles. The highest BCUT2D eigenvalue weighted by molar-refractivity contribution is 6.31. The molecule has 4 aromatic carbocycles. The van der Waals surface area contributed by atoms with E-state index in [2.05, 4.69) is 101 Å². The quantitative estimate of drug-likeness (QED) is 0.156. The van der Waals surface area contributed by atoms with Crippen LogP contribution in [0.3, 0.4) is 0 Å². The Hall–Kier alpha value is -3.86. The number of ether oxygens (including phenoxy) is 1. The summed E-state index contributed by atoms with van der Waals surface area (Å²) in [6.45, 7) is 5.37. The van der Waals surface area contributed by atoms with Crippen LogP contribution >= 0.6 is 11.6 Å². The van der Waals surface area contributed by atoms with E-state index >= 15 is 0 Å². The zero-order valence-electron chi connectivity index (χ0n) is 23.3. The molecule has 1 aromatic heterocycles. The summed E-state index contributed by atoms with van der Waals surface area (Å²) >= 11 is 6.66. The molecule has 5 rings (SSSR count). The number of benzene rings is 4. The van der Waals surface area contributed by atoms with Gasteiger partial charge in [-0.15, -0.1) is 0 Å². The molecular weight excluding hydrogens is 514 g/mol. The monoisotopic (exact) mass is 549 g/mol. The standard InChI is InChI=1S/C35H36ClN3O/c1-3-4-23-39-33(34(28-13-7-5-8-14-28)37-35(39)29-15-9-6-10-16-29)26-38(25-30-17-11-12-18-32(30)36)24-27-19-21-31(40-2)22-20-27/h5-22H,3-4,23-26H2,1-2H3. The van der Waals surface area contributed by atoms with Gasteiger partial charge >= 0.3 is 0 Å². The molecule has 0 bridgehead atoms. The lowest BCUT2D eigenvalue weighted by Crippen LogP contribution is -2.25. The Bertz CT molecular complexity index is 1500. The highest BCUT2D eigenvalue weighted by atomic mass is 35.5. The summed E-state index contributed by atoms with van der Waals surface area (Å²) in [6.07, 6.45) is 2.20. The van der Waals surface area contributed by atoms with Gasteiger partial charge in [-0.2, -0.15) is 0 Å². The van der Waals surface area contributed by atoms with Gasteiger partial charge in [0.2, 0.25) is 0 Å². The van der Waals surface area contributed by atoms with E-state index in [0.29, 0.717) is 0 Å². The smallest absolute Gasteiger partial charge is 0.140 e. The average Bonchev–Trinajstić information content (AvgIpc) is 3.36. The SMILES string of the molecule is CCCCn1c(-c2ccccc2)nc(-c2ccccc2)c1CN(Cc1ccc(OC)cc1)Cc1ccccc1Cl. The lowest BCUT2D eigenvalue weighted by atomic mass is 10.1.